The van der Waals surface area contributed by atoms with Crippen molar-refractivity contribution in [3.05, 3.63) is 37.1 Å². The fourth-order valence-corrected chi connectivity index (χ4v) is 0.886. The van der Waals surface area contributed by atoms with Gasteiger partial charge in [0.25, 0.3) is 5.60 Å². The fourth-order valence-electron chi connectivity index (χ4n) is 0.886. The molecule has 0 rings (SSSR count). The molecular weight excluding hydrogens is 310 g/mol. The first kappa shape index (κ1) is 19.5. The SMILES string of the molecule is C=C/C=C(\C=C)OOCOCC(O)(C(F)(F)F)C(F)(F)F. The molecule has 122 valence electrons. The average Bonchev–Trinajstić information content (AvgIpc) is 2.34. The molecule has 0 saturated heterocycles. The van der Waals surface area contributed by atoms with E-state index in [2.05, 4.69) is 27.7 Å². The van der Waals surface area contributed by atoms with E-state index in [0.29, 0.717) is 0 Å². The molecular formula is C11H12F6O4. The van der Waals surface area contributed by atoms with E-state index in [1.165, 1.54) is 12.2 Å². The molecule has 0 aromatic rings. The van der Waals surface area contributed by atoms with E-state index in [1.807, 2.05) is 0 Å². The third-order valence-electron chi connectivity index (χ3n) is 2.02. The van der Waals surface area contributed by atoms with Crippen molar-refractivity contribution >= 4 is 0 Å². The Labute approximate surface area is 115 Å². The minimum atomic E-state index is -5.96. The number of alkyl halides is 6. The number of hydrogen-bond acceptors (Lipinski definition) is 4. The number of aliphatic hydroxyl groups is 1. The van der Waals surface area contributed by atoms with Crippen LogP contribution in [0.25, 0.3) is 0 Å². The normalized spacial score (nSPS) is 14.0. The molecule has 0 spiro atoms. The molecule has 21 heavy (non-hydrogen) atoms. The molecule has 0 aliphatic carbocycles. The molecule has 0 heterocycles. The van der Waals surface area contributed by atoms with Crippen molar-refractivity contribution in [2.45, 2.75) is 18.0 Å². The van der Waals surface area contributed by atoms with Gasteiger partial charge in [-0.1, -0.05) is 19.2 Å². The summed E-state index contributed by atoms with van der Waals surface area (Å²) in [5.74, 6) is -0.00416. The summed E-state index contributed by atoms with van der Waals surface area (Å²) in [6.07, 6.45) is -8.24. The summed E-state index contributed by atoms with van der Waals surface area (Å²) in [7, 11) is 0. The molecule has 0 saturated carbocycles. The monoisotopic (exact) mass is 322 g/mol. The van der Waals surface area contributed by atoms with E-state index in [4.69, 9.17) is 5.11 Å². The van der Waals surface area contributed by atoms with Gasteiger partial charge in [0, 0.05) is 0 Å². The van der Waals surface area contributed by atoms with Crippen LogP contribution >= 0.6 is 0 Å². The molecule has 0 aliphatic heterocycles. The smallest absolute Gasteiger partial charge is 0.372 e. The van der Waals surface area contributed by atoms with Gasteiger partial charge < -0.3 is 14.7 Å². The van der Waals surface area contributed by atoms with Gasteiger partial charge in [-0.2, -0.15) is 31.2 Å². The minimum absolute atomic E-state index is 0.00416. The van der Waals surface area contributed by atoms with Gasteiger partial charge in [0.1, 0.15) is 0 Å². The van der Waals surface area contributed by atoms with Crippen LogP contribution < -0.4 is 0 Å². The molecule has 1 N–H and O–H groups in total. The molecule has 0 radical (unpaired) electrons. The summed E-state index contributed by atoms with van der Waals surface area (Å²) in [6, 6.07) is 0. The molecule has 0 aromatic carbocycles. The molecule has 0 amide bonds. The van der Waals surface area contributed by atoms with Crippen LogP contribution in [-0.2, 0) is 14.5 Å². The Bertz CT molecular complexity index is 371. The van der Waals surface area contributed by atoms with Crippen molar-refractivity contribution < 1.29 is 46.0 Å². The van der Waals surface area contributed by atoms with Crippen molar-refractivity contribution in [2.24, 2.45) is 0 Å². The summed E-state index contributed by atoms with van der Waals surface area (Å²) in [5.41, 5.74) is -5.00. The van der Waals surface area contributed by atoms with E-state index in [1.54, 1.807) is 0 Å². The highest BCUT2D eigenvalue weighted by molar-refractivity contribution is 5.13. The first-order valence-electron chi connectivity index (χ1n) is 5.18. The summed E-state index contributed by atoms with van der Waals surface area (Å²) < 4.78 is 77.4. The van der Waals surface area contributed by atoms with Gasteiger partial charge in [-0.05, 0) is 12.2 Å². The topological polar surface area (TPSA) is 47.9 Å². The van der Waals surface area contributed by atoms with Crippen LogP contribution in [-0.4, -0.2) is 36.5 Å². The number of rotatable bonds is 8. The minimum Gasteiger partial charge on any atom is -0.372 e. The summed E-state index contributed by atoms with van der Waals surface area (Å²) in [5, 5.41) is 8.71. The third kappa shape index (κ3) is 5.40. The molecule has 10 heteroatoms. The van der Waals surface area contributed by atoms with E-state index >= 15 is 0 Å². The number of allylic oxidation sites excluding steroid dienone is 3. The fraction of sp³-hybridized carbons (Fsp3) is 0.455. The van der Waals surface area contributed by atoms with Gasteiger partial charge in [0.15, 0.2) is 12.6 Å². The summed E-state index contributed by atoms with van der Waals surface area (Å²) in [4.78, 5) is 8.62. The van der Waals surface area contributed by atoms with Gasteiger partial charge in [0.2, 0.25) is 0 Å². The highest BCUT2D eigenvalue weighted by atomic mass is 19.4. The van der Waals surface area contributed by atoms with Crippen LogP contribution in [0.4, 0.5) is 26.3 Å². The second-order valence-corrected chi connectivity index (χ2v) is 3.53. The third-order valence-corrected chi connectivity index (χ3v) is 2.02. The quantitative estimate of drug-likeness (QED) is 0.142. The maximum atomic E-state index is 12.2. The molecule has 0 unspecified atom stereocenters. The van der Waals surface area contributed by atoms with Crippen molar-refractivity contribution in [2.75, 3.05) is 13.4 Å². The zero-order valence-electron chi connectivity index (χ0n) is 10.5. The second kappa shape index (κ2) is 7.48. The number of hydrogen-bond donors (Lipinski definition) is 1. The highest BCUT2D eigenvalue weighted by Crippen LogP contribution is 2.43. The van der Waals surface area contributed by atoms with Crippen molar-refractivity contribution in [1.29, 1.82) is 0 Å². The van der Waals surface area contributed by atoms with Crippen LogP contribution in [0.15, 0.2) is 37.1 Å². The Morgan fingerprint density at radius 2 is 1.57 bits per heavy atom. The lowest BCUT2D eigenvalue weighted by molar-refractivity contribution is -0.389. The molecule has 0 aliphatic rings. The molecule has 0 aromatic heterocycles. The zero-order valence-corrected chi connectivity index (χ0v) is 10.5. The van der Waals surface area contributed by atoms with Crippen molar-refractivity contribution in [3.63, 3.8) is 0 Å². The lowest BCUT2D eigenvalue weighted by Crippen LogP contribution is -2.60. The molecule has 4 nitrogen and oxygen atoms in total. The first-order chi connectivity index (χ1) is 9.49. The van der Waals surface area contributed by atoms with Crippen LogP contribution in [0.2, 0.25) is 0 Å². The van der Waals surface area contributed by atoms with E-state index < -0.39 is 31.4 Å². The standard InChI is InChI=1S/C11H12F6O4/c1-3-5-8(4-2)21-20-7-19-6-9(18,10(12,13)14)11(15,16)17/h3-5,18H,1-2,6-7H2/b8-5+. The van der Waals surface area contributed by atoms with Crippen LogP contribution in [0.3, 0.4) is 0 Å². The largest absolute Gasteiger partial charge is 0.428 e. The van der Waals surface area contributed by atoms with Gasteiger partial charge in [0.05, 0.1) is 6.61 Å². The number of ether oxygens (including phenoxy) is 1. The van der Waals surface area contributed by atoms with Crippen LogP contribution in [0.5, 0.6) is 0 Å². The Morgan fingerprint density at radius 3 is 1.95 bits per heavy atom. The van der Waals surface area contributed by atoms with E-state index in [0.717, 1.165) is 6.08 Å². The maximum Gasteiger partial charge on any atom is 0.428 e. The Hall–Kier alpha value is -1.52. The Balaban J connectivity index is 4.46. The van der Waals surface area contributed by atoms with Crippen LogP contribution in [0.1, 0.15) is 0 Å². The maximum absolute atomic E-state index is 12.2. The Morgan fingerprint density at radius 1 is 1.05 bits per heavy atom. The first-order valence-corrected chi connectivity index (χ1v) is 5.18. The molecule has 0 fully saturated rings. The van der Waals surface area contributed by atoms with Gasteiger partial charge in [-0.3, -0.25) is 0 Å². The number of halogens is 6. The molecule has 0 bridgehead atoms. The predicted molar refractivity (Wildman–Crippen MR) is 58.5 cm³/mol. The lowest BCUT2D eigenvalue weighted by atomic mass is 10.1. The molecule has 0 atom stereocenters. The van der Waals surface area contributed by atoms with Gasteiger partial charge >= 0.3 is 12.4 Å². The van der Waals surface area contributed by atoms with Crippen molar-refractivity contribution in [3.8, 4) is 0 Å². The summed E-state index contributed by atoms with van der Waals surface area (Å²) in [6.45, 7) is 3.40. The van der Waals surface area contributed by atoms with E-state index in [-0.39, 0.29) is 5.76 Å². The van der Waals surface area contributed by atoms with Crippen molar-refractivity contribution in [1.82, 2.24) is 0 Å². The Kier molecular flexibility index (Phi) is 6.94. The highest BCUT2D eigenvalue weighted by Gasteiger charge is 2.70. The van der Waals surface area contributed by atoms with Gasteiger partial charge in [-0.25, -0.2) is 0 Å². The predicted octanol–water partition coefficient (Wildman–Crippen LogP) is 3.02. The lowest BCUT2D eigenvalue weighted by Gasteiger charge is -2.31. The zero-order chi connectivity index (χ0) is 16.7. The van der Waals surface area contributed by atoms with Crippen LogP contribution in [0, 0.1) is 0 Å². The second-order valence-electron chi connectivity index (χ2n) is 3.53. The summed E-state index contributed by atoms with van der Waals surface area (Å²) >= 11 is 0. The van der Waals surface area contributed by atoms with Gasteiger partial charge in [-0.15, -0.1) is 0 Å². The average molecular weight is 322 g/mol. The van der Waals surface area contributed by atoms with E-state index in [9.17, 15) is 26.3 Å².